The van der Waals surface area contributed by atoms with Crippen LogP contribution in [-0.2, 0) is 0 Å². The topological polar surface area (TPSA) is 58.2 Å². The van der Waals surface area contributed by atoms with Gasteiger partial charge in [-0.25, -0.2) is 0 Å². The lowest BCUT2D eigenvalue weighted by molar-refractivity contribution is 0.101. The van der Waals surface area contributed by atoms with Crippen LogP contribution in [0.25, 0.3) is 11.1 Å². The summed E-state index contributed by atoms with van der Waals surface area (Å²) in [6.07, 6.45) is 0. The molecule has 0 saturated heterocycles. The molecule has 4 heteroatoms. The van der Waals surface area contributed by atoms with E-state index in [0.717, 1.165) is 33.6 Å². The van der Waals surface area contributed by atoms with Gasteiger partial charge in [-0.2, -0.15) is 0 Å². The molecule has 0 heterocycles. The van der Waals surface area contributed by atoms with Gasteiger partial charge >= 0.3 is 0 Å². The number of carbonyl (C=O) groups excluding carboxylic acids is 2. The maximum absolute atomic E-state index is 12.5. The van der Waals surface area contributed by atoms with E-state index in [1.807, 2.05) is 86.6 Å². The van der Waals surface area contributed by atoms with Gasteiger partial charge in [0.15, 0.2) is 0 Å². The summed E-state index contributed by atoms with van der Waals surface area (Å²) in [6, 6.07) is 30.2. The molecule has 4 aromatic rings. The van der Waals surface area contributed by atoms with E-state index in [1.54, 1.807) is 24.3 Å². The SMILES string of the molecule is Cc1ccc(NC(=O)c2ccc(-c3ccc(C(=O)Nc4ccc(C)cc4)cc3)cc2)cc1. The number of hydrogen-bond acceptors (Lipinski definition) is 2. The summed E-state index contributed by atoms with van der Waals surface area (Å²) in [5.41, 5.74) is 6.95. The van der Waals surface area contributed by atoms with Gasteiger partial charge in [0.25, 0.3) is 11.8 Å². The first-order valence-corrected chi connectivity index (χ1v) is 10.4. The van der Waals surface area contributed by atoms with E-state index >= 15 is 0 Å². The van der Waals surface area contributed by atoms with Crippen molar-refractivity contribution in [1.82, 2.24) is 0 Å². The van der Waals surface area contributed by atoms with E-state index < -0.39 is 0 Å². The number of benzene rings is 4. The lowest BCUT2D eigenvalue weighted by atomic mass is 10.0. The van der Waals surface area contributed by atoms with E-state index in [1.165, 1.54) is 0 Å². The second-order valence-corrected chi connectivity index (χ2v) is 7.79. The number of hydrogen-bond donors (Lipinski definition) is 2. The average Bonchev–Trinajstić information content (AvgIpc) is 2.82. The molecule has 0 aliphatic rings. The summed E-state index contributed by atoms with van der Waals surface area (Å²) in [7, 11) is 0. The molecule has 0 bridgehead atoms. The van der Waals surface area contributed by atoms with Crippen LogP contribution in [0, 0.1) is 13.8 Å². The highest BCUT2D eigenvalue weighted by Crippen LogP contribution is 2.22. The van der Waals surface area contributed by atoms with Crippen LogP contribution in [0.2, 0.25) is 0 Å². The van der Waals surface area contributed by atoms with Gasteiger partial charge in [0.2, 0.25) is 0 Å². The largest absolute Gasteiger partial charge is 0.322 e. The van der Waals surface area contributed by atoms with E-state index in [9.17, 15) is 9.59 Å². The van der Waals surface area contributed by atoms with Crippen molar-refractivity contribution in [2.75, 3.05) is 10.6 Å². The summed E-state index contributed by atoms with van der Waals surface area (Å²) in [4.78, 5) is 25.0. The third-order valence-electron chi connectivity index (χ3n) is 5.25. The Labute approximate surface area is 187 Å². The van der Waals surface area contributed by atoms with Gasteiger partial charge in [-0.05, 0) is 73.5 Å². The maximum Gasteiger partial charge on any atom is 0.255 e. The minimum atomic E-state index is -0.150. The van der Waals surface area contributed by atoms with E-state index in [2.05, 4.69) is 10.6 Å². The highest BCUT2D eigenvalue weighted by molar-refractivity contribution is 6.05. The zero-order valence-corrected chi connectivity index (χ0v) is 18.1. The Kier molecular flexibility index (Phi) is 6.13. The predicted octanol–water partition coefficient (Wildman–Crippen LogP) is 6.48. The summed E-state index contributed by atoms with van der Waals surface area (Å²) < 4.78 is 0. The molecule has 158 valence electrons. The van der Waals surface area contributed by atoms with Crippen LogP contribution in [-0.4, -0.2) is 11.8 Å². The van der Waals surface area contributed by atoms with Gasteiger partial charge in [0.05, 0.1) is 0 Å². The van der Waals surface area contributed by atoms with Gasteiger partial charge in [0, 0.05) is 22.5 Å². The Morgan fingerprint density at radius 3 is 1.09 bits per heavy atom. The molecule has 2 N–H and O–H groups in total. The van der Waals surface area contributed by atoms with Crippen LogP contribution in [0.1, 0.15) is 31.8 Å². The Morgan fingerprint density at radius 2 is 0.781 bits per heavy atom. The maximum atomic E-state index is 12.5. The fraction of sp³-hybridized carbons (Fsp3) is 0.0714. The molecular formula is C28H24N2O2. The standard InChI is InChI=1S/C28H24N2O2/c1-19-3-15-25(16-4-19)29-27(31)23-11-7-21(8-12-23)22-9-13-24(14-10-22)28(32)30-26-17-5-20(2)6-18-26/h3-18H,1-2H3,(H,29,31)(H,30,32). The predicted molar refractivity (Wildman–Crippen MR) is 130 cm³/mol. The van der Waals surface area contributed by atoms with Crippen LogP contribution in [0.5, 0.6) is 0 Å². The summed E-state index contributed by atoms with van der Waals surface area (Å²) in [6.45, 7) is 4.01. The summed E-state index contributed by atoms with van der Waals surface area (Å²) in [5.74, 6) is -0.299. The van der Waals surface area contributed by atoms with Crippen molar-refractivity contribution in [3.8, 4) is 11.1 Å². The number of nitrogens with one attached hydrogen (secondary N) is 2. The molecule has 4 rings (SSSR count). The first kappa shape index (κ1) is 21.1. The first-order chi connectivity index (χ1) is 15.5. The molecule has 0 saturated carbocycles. The molecule has 32 heavy (non-hydrogen) atoms. The monoisotopic (exact) mass is 420 g/mol. The summed E-state index contributed by atoms with van der Waals surface area (Å²) >= 11 is 0. The van der Waals surface area contributed by atoms with Gasteiger partial charge in [-0.1, -0.05) is 59.7 Å². The fourth-order valence-electron chi connectivity index (χ4n) is 3.31. The lowest BCUT2D eigenvalue weighted by Gasteiger charge is -2.08. The van der Waals surface area contributed by atoms with Crippen molar-refractivity contribution in [2.45, 2.75) is 13.8 Å². The molecule has 4 aromatic carbocycles. The zero-order chi connectivity index (χ0) is 22.5. The molecule has 2 amide bonds. The number of aryl methyl sites for hydroxylation is 2. The van der Waals surface area contributed by atoms with E-state index in [0.29, 0.717) is 11.1 Å². The highest BCUT2D eigenvalue weighted by Gasteiger charge is 2.09. The minimum Gasteiger partial charge on any atom is -0.322 e. The molecule has 0 radical (unpaired) electrons. The second kappa shape index (κ2) is 9.31. The fourth-order valence-corrected chi connectivity index (χ4v) is 3.31. The smallest absolute Gasteiger partial charge is 0.255 e. The zero-order valence-electron chi connectivity index (χ0n) is 18.1. The van der Waals surface area contributed by atoms with Crippen LogP contribution < -0.4 is 10.6 Å². The molecule has 4 nitrogen and oxygen atoms in total. The van der Waals surface area contributed by atoms with Gasteiger partial charge in [-0.15, -0.1) is 0 Å². The van der Waals surface area contributed by atoms with Gasteiger partial charge in [-0.3, -0.25) is 9.59 Å². The Bertz CT molecular complexity index is 1120. The van der Waals surface area contributed by atoms with Crippen molar-refractivity contribution in [1.29, 1.82) is 0 Å². The quantitative estimate of drug-likeness (QED) is 0.388. The van der Waals surface area contributed by atoms with Crippen molar-refractivity contribution < 1.29 is 9.59 Å². The lowest BCUT2D eigenvalue weighted by Crippen LogP contribution is -2.11. The minimum absolute atomic E-state index is 0.150. The van der Waals surface area contributed by atoms with Crippen molar-refractivity contribution in [3.05, 3.63) is 119 Å². The van der Waals surface area contributed by atoms with Gasteiger partial charge < -0.3 is 10.6 Å². The van der Waals surface area contributed by atoms with Crippen LogP contribution in [0.15, 0.2) is 97.1 Å². The molecule has 0 fully saturated rings. The number of carbonyl (C=O) groups is 2. The third kappa shape index (κ3) is 5.10. The molecule has 0 unspecified atom stereocenters. The Morgan fingerprint density at radius 1 is 0.469 bits per heavy atom. The molecule has 0 aliphatic heterocycles. The Balaban J connectivity index is 1.41. The molecule has 0 aromatic heterocycles. The van der Waals surface area contributed by atoms with Crippen LogP contribution >= 0.6 is 0 Å². The van der Waals surface area contributed by atoms with Crippen molar-refractivity contribution >= 4 is 23.2 Å². The van der Waals surface area contributed by atoms with Crippen LogP contribution in [0.4, 0.5) is 11.4 Å². The number of rotatable bonds is 5. The van der Waals surface area contributed by atoms with E-state index in [-0.39, 0.29) is 11.8 Å². The normalized spacial score (nSPS) is 10.4. The number of anilines is 2. The van der Waals surface area contributed by atoms with Gasteiger partial charge in [0.1, 0.15) is 0 Å². The average molecular weight is 421 g/mol. The van der Waals surface area contributed by atoms with Crippen molar-refractivity contribution in [3.63, 3.8) is 0 Å². The van der Waals surface area contributed by atoms with Crippen LogP contribution in [0.3, 0.4) is 0 Å². The first-order valence-electron chi connectivity index (χ1n) is 10.4. The number of amides is 2. The van der Waals surface area contributed by atoms with E-state index in [4.69, 9.17) is 0 Å². The molecule has 0 spiro atoms. The van der Waals surface area contributed by atoms with Crippen molar-refractivity contribution in [2.24, 2.45) is 0 Å². The summed E-state index contributed by atoms with van der Waals surface area (Å²) in [5, 5.41) is 5.81. The Hall–Kier alpha value is -4.18. The molecule has 0 aliphatic carbocycles. The highest BCUT2D eigenvalue weighted by atomic mass is 16.2. The second-order valence-electron chi connectivity index (χ2n) is 7.79. The molecule has 0 atom stereocenters. The third-order valence-corrected chi connectivity index (χ3v) is 5.25. The molecular weight excluding hydrogens is 396 g/mol.